The molecule has 0 bridgehead atoms. The second kappa shape index (κ2) is 5.60. The molecule has 0 amide bonds. The quantitative estimate of drug-likeness (QED) is 0.419. The molecule has 0 spiro atoms. The molecule has 0 N–H and O–H groups in total. The molecule has 2 heteroatoms. The molecule has 9 heavy (non-hydrogen) atoms. The molecule has 0 aromatic carbocycles. The Balaban J connectivity index is 3.15. The van der Waals surface area contributed by atoms with Crippen molar-refractivity contribution >= 4 is 6.21 Å². The van der Waals surface area contributed by atoms with Crippen LogP contribution in [0.15, 0.2) is 5.16 Å². The van der Waals surface area contributed by atoms with Gasteiger partial charge in [-0.25, -0.2) is 0 Å². The van der Waals surface area contributed by atoms with Gasteiger partial charge < -0.3 is 4.84 Å². The van der Waals surface area contributed by atoms with Gasteiger partial charge in [-0.2, -0.15) is 0 Å². The lowest BCUT2D eigenvalue weighted by Crippen LogP contribution is -2.00. The fourth-order valence-electron chi connectivity index (χ4n) is 0.274. The normalized spacial score (nSPS) is 14.1. The van der Waals surface area contributed by atoms with E-state index in [1.807, 2.05) is 6.92 Å². The Bertz CT molecular complexity index is 81.0. The molecule has 1 atom stereocenters. The van der Waals surface area contributed by atoms with Crippen LogP contribution in [-0.4, -0.2) is 12.3 Å². The molecule has 53 valence electrons. The fourth-order valence-corrected chi connectivity index (χ4v) is 0.274. The molecule has 0 heterocycles. The highest BCUT2D eigenvalue weighted by Gasteiger charge is 1.93. The van der Waals surface area contributed by atoms with E-state index in [-0.39, 0.29) is 6.10 Å². The molecule has 1 radical (unpaired) electrons. The highest BCUT2D eigenvalue weighted by Crippen LogP contribution is 1.94. The highest BCUT2D eigenvalue weighted by molar-refractivity contribution is 5.56. The van der Waals surface area contributed by atoms with Gasteiger partial charge in [0.2, 0.25) is 0 Å². The third-order valence-corrected chi connectivity index (χ3v) is 1.02. The third-order valence-electron chi connectivity index (χ3n) is 1.02. The third kappa shape index (κ3) is 5.34. The summed E-state index contributed by atoms with van der Waals surface area (Å²) in [6.45, 7) is 7.63. The van der Waals surface area contributed by atoms with E-state index in [9.17, 15) is 0 Å². The Hall–Kier alpha value is -0.530. The average Bonchev–Trinajstić information content (AvgIpc) is 1.89. The van der Waals surface area contributed by atoms with Gasteiger partial charge in [-0.1, -0.05) is 12.1 Å². The van der Waals surface area contributed by atoms with Crippen LogP contribution in [0, 0.1) is 6.92 Å². The number of rotatable bonds is 4. The van der Waals surface area contributed by atoms with Crippen LogP contribution in [-0.2, 0) is 4.84 Å². The van der Waals surface area contributed by atoms with E-state index in [0.29, 0.717) is 6.42 Å². The van der Waals surface area contributed by atoms with Gasteiger partial charge in [-0.15, -0.1) is 0 Å². The first-order valence-electron chi connectivity index (χ1n) is 3.28. The fraction of sp³-hybridized carbons (Fsp3) is 0.714. The largest absolute Gasteiger partial charge is 0.393 e. The molecule has 0 rings (SSSR count). The smallest absolute Gasteiger partial charge is 0.124 e. The van der Waals surface area contributed by atoms with Crippen molar-refractivity contribution in [2.75, 3.05) is 0 Å². The second-order valence-corrected chi connectivity index (χ2v) is 1.90. The topological polar surface area (TPSA) is 21.6 Å². The first-order valence-corrected chi connectivity index (χ1v) is 3.28. The van der Waals surface area contributed by atoms with E-state index in [2.05, 4.69) is 19.0 Å². The number of hydrogen-bond donors (Lipinski definition) is 0. The number of oxime groups is 1. The molecule has 0 aliphatic carbocycles. The van der Waals surface area contributed by atoms with Crippen molar-refractivity contribution in [2.24, 2.45) is 5.16 Å². The van der Waals surface area contributed by atoms with Gasteiger partial charge in [0.15, 0.2) is 0 Å². The Morgan fingerprint density at radius 3 is 2.89 bits per heavy atom. The van der Waals surface area contributed by atoms with Gasteiger partial charge in [-0.3, -0.25) is 0 Å². The predicted octanol–water partition coefficient (Wildman–Crippen LogP) is 2.01. The number of nitrogens with zero attached hydrogens (tertiary/aromatic N) is 1. The average molecular weight is 128 g/mol. The number of hydrogen-bond acceptors (Lipinski definition) is 2. The first kappa shape index (κ1) is 8.47. The Morgan fingerprint density at radius 2 is 2.44 bits per heavy atom. The molecule has 1 unspecified atom stereocenters. The van der Waals surface area contributed by atoms with Gasteiger partial charge in [-0.05, 0) is 26.7 Å². The molecule has 0 aromatic heterocycles. The minimum Gasteiger partial charge on any atom is -0.393 e. The van der Waals surface area contributed by atoms with Gasteiger partial charge in [0.05, 0.1) is 0 Å². The van der Waals surface area contributed by atoms with E-state index in [1.165, 1.54) is 0 Å². The summed E-state index contributed by atoms with van der Waals surface area (Å²) < 4.78 is 0. The van der Waals surface area contributed by atoms with Crippen LogP contribution in [0.3, 0.4) is 0 Å². The lowest BCUT2D eigenvalue weighted by molar-refractivity contribution is 0.0708. The second-order valence-electron chi connectivity index (χ2n) is 1.90. The van der Waals surface area contributed by atoms with Crippen molar-refractivity contribution in [3.8, 4) is 0 Å². The zero-order valence-electron chi connectivity index (χ0n) is 6.13. The summed E-state index contributed by atoms with van der Waals surface area (Å²) in [5.41, 5.74) is 0. The molecular weight excluding hydrogens is 114 g/mol. The molecule has 0 aromatic rings. The summed E-state index contributed by atoms with van der Waals surface area (Å²) in [5, 5.41) is 3.67. The molecular formula is C7H14NO. The first-order chi connectivity index (χ1) is 4.31. The summed E-state index contributed by atoms with van der Waals surface area (Å²) in [7, 11) is 0. The van der Waals surface area contributed by atoms with Crippen molar-refractivity contribution in [2.45, 2.75) is 32.8 Å². The molecule has 0 saturated heterocycles. The maximum Gasteiger partial charge on any atom is 0.124 e. The van der Waals surface area contributed by atoms with Gasteiger partial charge in [0, 0.05) is 6.21 Å². The monoisotopic (exact) mass is 128 g/mol. The zero-order valence-corrected chi connectivity index (χ0v) is 6.13. The van der Waals surface area contributed by atoms with E-state index >= 15 is 0 Å². The summed E-state index contributed by atoms with van der Waals surface area (Å²) in [5.74, 6) is 0. The van der Waals surface area contributed by atoms with Crippen molar-refractivity contribution in [3.05, 3.63) is 6.92 Å². The maximum atomic E-state index is 4.96. The van der Waals surface area contributed by atoms with Crippen molar-refractivity contribution < 1.29 is 4.84 Å². The van der Waals surface area contributed by atoms with Crippen molar-refractivity contribution in [1.29, 1.82) is 0 Å². The van der Waals surface area contributed by atoms with Crippen molar-refractivity contribution in [3.63, 3.8) is 0 Å². The van der Waals surface area contributed by atoms with E-state index < -0.39 is 0 Å². The Kier molecular flexibility index (Phi) is 5.27. The zero-order chi connectivity index (χ0) is 7.11. The lowest BCUT2D eigenvalue weighted by Gasteiger charge is -2.03. The summed E-state index contributed by atoms with van der Waals surface area (Å²) in [4.78, 5) is 4.96. The van der Waals surface area contributed by atoms with Crippen LogP contribution >= 0.6 is 0 Å². The standard InChI is InChI=1S/C7H14NO/c1-4-6-8-9-7(3)5-2/h6-7H,1,4-5H2,2-3H3/b8-6-. The van der Waals surface area contributed by atoms with E-state index in [1.54, 1.807) is 6.21 Å². The maximum absolute atomic E-state index is 4.96. The Labute approximate surface area is 56.9 Å². The van der Waals surface area contributed by atoms with Crippen molar-refractivity contribution in [1.82, 2.24) is 0 Å². The van der Waals surface area contributed by atoms with Crippen LogP contribution in [0.2, 0.25) is 0 Å². The van der Waals surface area contributed by atoms with Crippen LogP contribution in [0.4, 0.5) is 0 Å². The molecule has 0 aliphatic heterocycles. The lowest BCUT2D eigenvalue weighted by atomic mass is 10.3. The van der Waals surface area contributed by atoms with Gasteiger partial charge in [0.1, 0.15) is 6.10 Å². The van der Waals surface area contributed by atoms with E-state index in [4.69, 9.17) is 4.84 Å². The van der Waals surface area contributed by atoms with Crippen LogP contribution in [0.5, 0.6) is 0 Å². The molecule has 0 saturated carbocycles. The summed E-state index contributed by atoms with van der Waals surface area (Å²) in [6.07, 6.45) is 3.57. The van der Waals surface area contributed by atoms with E-state index in [0.717, 1.165) is 6.42 Å². The minimum atomic E-state index is 0.229. The van der Waals surface area contributed by atoms with Crippen LogP contribution in [0.1, 0.15) is 26.7 Å². The van der Waals surface area contributed by atoms with Gasteiger partial charge >= 0.3 is 0 Å². The molecule has 0 fully saturated rings. The minimum absolute atomic E-state index is 0.229. The summed E-state index contributed by atoms with van der Waals surface area (Å²) in [6, 6.07) is 0. The highest BCUT2D eigenvalue weighted by atomic mass is 16.6. The van der Waals surface area contributed by atoms with Crippen LogP contribution in [0.25, 0.3) is 0 Å². The van der Waals surface area contributed by atoms with Gasteiger partial charge in [0.25, 0.3) is 0 Å². The molecule has 0 aliphatic rings. The molecule has 2 nitrogen and oxygen atoms in total. The summed E-state index contributed by atoms with van der Waals surface area (Å²) >= 11 is 0. The SMILES string of the molecule is [CH2]C/C=N\OC(C)CC. The predicted molar refractivity (Wildman–Crippen MR) is 39.3 cm³/mol. The Morgan fingerprint density at radius 1 is 1.78 bits per heavy atom. The van der Waals surface area contributed by atoms with Crippen LogP contribution < -0.4 is 0 Å².